The SMILES string of the molecule is CC1(C)C2CCC1(C1=N[C@@H](c3ccccc3)CO1)C(O)C2. The summed E-state index contributed by atoms with van der Waals surface area (Å²) in [7, 11) is 0. The van der Waals surface area contributed by atoms with E-state index in [1.54, 1.807) is 0 Å². The molecule has 21 heavy (non-hydrogen) atoms. The summed E-state index contributed by atoms with van der Waals surface area (Å²) in [6, 6.07) is 10.4. The van der Waals surface area contributed by atoms with Crippen LogP contribution in [0.2, 0.25) is 0 Å². The summed E-state index contributed by atoms with van der Waals surface area (Å²) in [5.74, 6) is 1.41. The number of aliphatic hydroxyl groups is 1. The average Bonchev–Trinajstić information content (AvgIpc) is 3.11. The lowest BCUT2D eigenvalue weighted by Gasteiger charge is -2.39. The number of benzene rings is 1. The van der Waals surface area contributed by atoms with Crippen molar-refractivity contribution < 1.29 is 9.84 Å². The van der Waals surface area contributed by atoms with Gasteiger partial charge in [0.05, 0.1) is 11.5 Å². The molecule has 4 rings (SSSR count). The first-order valence-corrected chi connectivity index (χ1v) is 8.00. The topological polar surface area (TPSA) is 41.8 Å². The van der Waals surface area contributed by atoms with Gasteiger partial charge >= 0.3 is 0 Å². The maximum atomic E-state index is 10.7. The number of nitrogens with zero attached hydrogens (tertiary/aromatic N) is 1. The number of fused-ring (bicyclic) bond motifs is 2. The van der Waals surface area contributed by atoms with E-state index in [-0.39, 0.29) is 23.0 Å². The van der Waals surface area contributed by atoms with Crippen LogP contribution in [0.3, 0.4) is 0 Å². The lowest BCUT2D eigenvalue weighted by atomic mass is 9.68. The van der Waals surface area contributed by atoms with E-state index in [0.717, 1.165) is 18.7 Å². The quantitative estimate of drug-likeness (QED) is 0.905. The number of aliphatic hydroxyl groups excluding tert-OH is 1. The second kappa shape index (κ2) is 4.33. The number of rotatable bonds is 2. The van der Waals surface area contributed by atoms with Gasteiger partial charge in [0.1, 0.15) is 12.6 Å². The number of ether oxygens (including phenoxy) is 1. The van der Waals surface area contributed by atoms with E-state index in [4.69, 9.17) is 9.73 Å². The van der Waals surface area contributed by atoms with Gasteiger partial charge in [-0.1, -0.05) is 44.2 Å². The minimum absolute atomic E-state index is 0.0802. The van der Waals surface area contributed by atoms with Crippen LogP contribution >= 0.6 is 0 Å². The van der Waals surface area contributed by atoms with Gasteiger partial charge in [0, 0.05) is 0 Å². The molecule has 1 N–H and O–H groups in total. The summed E-state index contributed by atoms with van der Waals surface area (Å²) in [5.41, 5.74) is 1.02. The molecule has 2 saturated carbocycles. The Labute approximate surface area is 126 Å². The molecule has 2 aliphatic carbocycles. The van der Waals surface area contributed by atoms with Crippen LogP contribution < -0.4 is 0 Å². The normalized spacial score (nSPS) is 40.1. The Bertz CT molecular complexity index is 580. The van der Waals surface area contributed by atoms with Crippen molar-refractivity contribution in [2.75, 3.05) is 6.61 Å². The molecule has 4 atom stereocenters. The van der Waals surface area contributed by atoms with Crippen LogP contribution in [0.25, 0.3) is 0 Å². The Balaban J connectivity index is 1.71. The van der Waals surface area contributed by atoms with Gasteiger partial charge in [0.15, 0.2) is 5.90 Å². The molecule has 3 heteroatoms. The van der Waals surface area contributed by atoms with Gasteiger partial charge in [-0.3, -0.25) is 0 Å². The Morgan fingerprint density at radius 2 is 2.00 bits per heavy atom. The highest BCUT2D eigenvalue weighted by Crippen LogP contribution is 2.66. The molecule has 1 aliphatic heterocycles. The maximum absolute atomic E-state index is 10.7. The maximum Gasteiger partial charge on any atom is 0.193 e. The van der Waals surface area contributed by atoms with Gasteiger partial charge in [0.2, 0.25) is 0 Å². The Kier molecular flexibility index (Phi) is 2.74. The molecule has 1 aromatic rings. The smallest absolute Gasteiger partial charge is 0.193 e. The van der Waals surface area contributed by atoms with Crippen molar-refractivity contribution >= 4 is 5.90 Å². The van der Waals surface area contributed by atoms with Crippen LogP contribution in [0.4, 0.5) is 0 Å². The van der Waals surface area contributed by atoms with Crippen molar-refractivity contribution in [1.29, 1.82) is 0 Å². The van der Waals surface area contributed by atoms with E-state index in [1.165, 1.54) is 12.0 Å². The molecule has 2 fully saturated rings. The second-order valence-electron chi connectivity index (χ2n) is 7.35. The summed E-state index contributed by atoms with van der Waals surface area (Å²) >= 11 is 0. The summed E-state index contributed by atoms with van der Waals surface area (Å²) < 4.78 is 6.02. The number of aliphatic imine (C=N–C) groups is 1. The highest BCUT2D eigenvalue weighted by molar-refractivity contribution is 5.87. The third kappa shape index (κ3) is 1.61. The third-order valence-corrected chi connectivity index (χ3v) is 6.35. The number of hydrogen-bond acceptors (Lipinski definition) is 3. The van der Waals surface area contributed by atoms with Gasteiger partial charge in [-0.25, -0.2) is 4.99 Å². The van der Waals surface area contributed by atoms with E-state index >= 15 is 0 Å². The lowest BCUT2D eigenvalue weighted by Crippen LogP contribution is -2.46. The zero-order valence-electron chi connectivity index (χ0n) is 12.7. The summed E-state index contributed by atoms with van der Waals surface area (Å²) in [6.45, 7) is 5.17. The molecule has 1 heterocycles. The fourth-order valence-corrected chi connectivity index (χ4v) is 4.92. The zero-order chi connectivity index (χ0) is 14.7. The first-order valence-electron chi connectivity index (χ1n) is 8.00. The fourth-order valence-electron chi connectivity index (χ4n) is 4.92. The Morgan fingerprint density at radius 1 is 1.24 bits per heavy atom. The molecule has 0 amide bonds. The predicted molar refractivity (Wildman–Crippen MR) is 82.1 cm³/mol. The summed E-state index contributed by atoms with van der Waals surface area (Å²) in [5, 5.41) is 10.7. The first-order chi connectivity index (χ1) is 10.1. The van der Waals surface area contributed by atoms with Crippen molar-refractivity contribution in [3.63, 3.8) is 0 Å². The van der Waals surface area contributed by atoms with Crippen molar-refractivity contribution in [2.45, 2.75) is 45.3 Å². The molecule has 0 radical (unpaired) electrons. The van der Waals surface area contributed by atoms with Gasteiger partial charge in [0.25, 0.3) is 0 Å². The largest absolute Gasteiger partial charge is 0.478 e. The summed E-state index contributed by atoms with van der Waals surface area (Å²) in [6.07, 6.45) is 2.78. The van der Waals surface area contributed by atoms with Gasteiger partial charge in [-0.15, -0.1) is 0 Å². The Morgan fingerprint density at radius 3 is 2.62 bits per heavy atom. The van der Waals surface area contributed by atoms with Crippen molar-refractivity contribution in [1.82, 2.24) is 0 Å². The van der Waals surface area contributed by atoms with Crippen LogP contribution in [-0.4, -0.2) is 23.7 Å². The predicted octanol–water partition coefficient (Wildman–Crippen LogP) is 3.34. The minimum atomic E-state index is -0.306. The number of hydrogen-bond donors (Lipinski definition) is 1. The zero-order valence-corrected chi connectivity index (χ0v) is 12.7. The molecule has 3 unspecified atom stereocenters. The first kappa shape index (κ1) is 13.3. The average molecular weight is 285 g/mol. The standard InChI is InChI=1S/C18H23NO2/c1-17(2)13-8-9-18(17,15(20)10-13)16-19-14(11-21-16)12-6-4-3-5-7-12/h3-7,13-15,20H,8-11H2,1-2H3/t13?,14-,15?,18?/m1/s1. The van der Waals surface area contributed by atoms with Crippen molar-refractivity contribution in [2.24, 2.45) is 21.7 Å². The molecule has 0 aromatic heterocycles. The van der Waals surface area contributed by atoms with Crippen LogP contribution in [0.1, 0.15) is 44.7 Å². The van der Waals surface area contributed by atoms with Crippen molar-refractivity contribution in [3.8, 4) is 0 Å². The van der Waals surface area contributed by atoms with Gasteiger partial charge in [-0.05, 0) is 36.2 Å². The fraction of sp³-hybridized carbons (Fsp3) is 0.611. The van der Waals surface area contributed by atoms with E-state index in [1.807, 2.05) is 18.2 Å². The molecule has 0 spiro atoms. The van der Waals surface area contributed by atoms with Gasteiger partial charge in [-0.2, -0.15) is 0 Å². The molecule has 2 bridgehead atoms. The molecule has 3 aliphatic rings. The molecular formula is C18H23NO2. The minimum Gasteiger partial charge on any atom is -0.478 e. The van der Waals surface area contributed by atoms with E-state index in [0.29, 0.717) is 12.5 Å². The van der Waals surface area contributed by atoms with E-state index in [9.17, 15) is 5.11 Å². The summed E-state index contributed by atoms with van der Waals surface area (Å²) in [4.78, 5) is 4.89. The van der Waals surface area contributed by atoms with Crippen molar-refractivity contribution in [3.05, 3.63) is 35.9 Å². The van der Waals surface area contributed by atoms with E-state index in [2.05, 4.69) is 26.0 Å². The molecule has 112 valence electrons. The van der Waals surface area contributed by atoms with Crippen LogP contribution in [0.5, 0.6) is 0 Å². The third-order valence-electron chi connectivity index (χ3n) is 6.35. The highest BCUT2D eigenvalue weighted by Gasteiger charge is 2.67. The molecule has 3 nitrogen and oxygen atoms in total. The Hall–Kier alpha value is -1.35. The van der Waals surface area contributed by atoms with Crippen LogP contribution in [0.15, 0.2) is 35.3 Å². The van der Waals surface area contributed by atoms with Crippen LogP contribution in [-0.2, 0) is 4.74 Å². The lowest BCUT2D eigenvalue weighted by molar-refractivity contribution is 0.0355. The monoisotopic (exact) mass is 285 g/mol. The van der Waals surface area contributed by atoms with Crippen LogP contribution in [0, 0.1) is 16.7 Å². The second-order valence-corrected chi connectivity index (χ2v) is 7.35. The van der Waals surface area contributed by atoms with E-state index < -0.39 is 0 Å². The molecule has 0 saturated heterocycles. The molecular weight excluding hydrogens is 262 g/mol. The van der Waals surface area contributed by atoms with Gasteiger partial charge < -0.3 is 9.84 Å². The molecule has 1 aromatic carbocycles. The highest BCUT2D eigenvalue weighted by atomic mass is 16.5.